The van der Waals surface area contributed by atoms with Crippen LogP contribution in [0.1, 0.15) is 34.6 Å². The van der Waals surface area contributed by atoms with Gasteiger partial charge in [-0.2, -0.15) is 0 Å². The van der Waals surface area contributed by atoms with Crippen molar-refractivity contribution >= 4 is 6.09 Å². The smallest absolute Gasteiger partial charge is 0.409 e. The van der Waals surface area contributed by atoms with E-state index in [4.69, 9.17) is 14.2 Å². The SMILES string of the molecule is CC(C)(C)OC(=O)N[C@H]1OC[C@@H]2C(C)(C)O[C@H](CO)[C@@]21O. The molecule has 2 aliphatic heterocycles. The first kappa shape index (κ1) is 16.5. The minimum Gasteiger partial charge on any atom is -0.444 e. The van der Waals surface area contributed by atoms with E-state index in [0.29, 0.717) is 0 Å². The number of carbonyl (C=O) groups is 1. The molecular weight excluding hydrogens is 278 g/mol. The second-order valence-corrected chi connectivity index (χ2v) is 7.19. The summed E-state index contributed by atoms with van der Waals surface area (Å²) in [4.78, 5) is 11.9. The number of hydrogen-bond donors (Lipinski definition) is 3. The van der Waals surface area contributed by atoms with Crippen LogP contribution in [0, 0.1) is 5.92 Å². The monoisotopic (exact) mass is 303 g/mol. The summed E-state index contributed by atoms with van der Waals surface area (Å²) in [5, 5.41) is 22.9. The molecule has 0 spiro atoms. The Balaban J connectivity index is 2.14. The van der Waals surface area contributed by atoms with Crippen molar-refractivity contribution in [2.75, 3.05) is 13.2 Å². The Labute approximate surface area is 124 Å². The van der Waals surface area contributed by atoms with Gasteiger partial charge < -0.3 is 24.4 Å². The lowest BCUT2D eigenvalue weighted by atomic mass is 9.79. The Morgan fingerprint density at radius 2 is 2.05 bits per heavy atom. The van der Waals surface area contributed by atoms with Crippen molar-refractivity contribution in [3.8, 4) is 0 Å². The molecule has 2 rings (SSSR count). The third kappa shape index (κ3) is 2.88. The third-order valence-corrected chi connectivity index (χ3v) is 4.02. The predicted molar refractivity (Wildman–Crippen MR) is 73.6 cm³/mol. The quantitative estimate of drug-likeness (QED) is 0.682. The van der Waals surface area contributed by atoms with Crippen molar-refractivity contribution in [3.63, 3.8) is 0 Å². The summed E-state index contributed by atoms with van der Waals surface area (Å²) in [7, 11) is 0. The molecule has 0 bridgehead atoms. The van der Waals surface area contributed by atoms with Crippen LogP contribution in [-0.4, -0.2) is 58.7 Å². The van der Waals surface area contributed by atoms with Gasteiger partial charge in [-0.1, -0.05) is 0 Å². The van der Waals surface area contributed by atoms with Gasteiger partial charge in [0.05, 0.1) is 18.8 Å². The van der Waals surface area contributed by atoms with Crippen LogP contribution in [0.2, 0.25) is 0 Å². The summed E-state index contributed by atoms with van der Waals surface area (Å²) in [6.07, 6.45) is -2.47. The number of hydrogen-bond acceptors (Lipinski definition) is 6. The van der Waals surface area contributed by atoms with Gasteiger partial charge in [0.25, 0.3) is 0 Å². The van der Waals surface area contributed by atoms with Gasteiger partial charge in [-0.05, 0) is 34.6 Å². The predicted octanol–water partition coefficient (Wildman–Crippen LogP) is 0.384. The molecule has 4 atom stereocenters. The molecule has 0 aliphatic carbocycles. The highest BCUT2D eigenvalue weighted by molar-refractivity contribution is 5.68. The molecule has 0 aromatic carbocycles. The van der Waals surface area contributed by atoms with Crippen molar-refractivity contribution in [2.24, 2.45) is 5.92 Å². The average Bonchev–Trinajstić information content (AvgIpc) is 2.72. The van der Waals surface area contributed by atoms with Crippen molar-refractivity contribution < 1.29 is 29.2 Å². The van der Waals surface area contributed by atoms with Gasteiger partial charge in [0.2, 0.25) is 0 Å². The van der Waals surface area contributed by atoms with E-state index in [0.717, 1.165) is 0 Å². The zero-order valence-corrected chi connectivity index (χ0v) is 13.2. The number of alkyl carbamates (subject to hydrolysis) is 1. The molecule has 122 valence electrons. The van der Waals surface area contributed by atoms with Crippen molar-refractivity contribution in [1.29, 1.82) is 0 Å². The summed E-state index contributed by atoms with van der Waals surface area (Å²) in [6, 6.07) is 0. The van der Waals surface area contributed by atoms with Crippen LogP contribution in [-0.2, 0) is 14.2 Å². The van der Waals surface area contributed by atoms with E-state index in [9.17, 15) is 15.0 Å². The maximum Gasteiger partial charge on any atom is 0.409 e. The highest BCUT2D eigenvalue weighted by atomic mass is 16.6. The summed E-state index contributed by atoms with van der Waals surface area (Å²) < 4.78 is 16.4. The topological polar surface area (TPSA) is 97.3 Å². The molecule has 3 N–H and O–H groups in total. The lowest BCUT2D eigenvalue weighted by molar-refractivity contribution is -0.137. The van der Waals surface area contributed by atoms with Crippen LogP contribution in [0.5, 0.6) is 0 Å². The molecule has 2 fully saturated rings. The number of aliphatic hydroxyl groups excluding tert-OH is 1. The molecule has 0 aromatic rings. The first-order valence-electron chi connectivity index (χ1n) is 7.13. The molecule has 1 amide bonds. The van der Waals surface area contributed by atoms with Crippen molar-refractivity contribution in [2.45, 2.75) is 63.8 Å². The largest absolute Gasteiger partial charge is 0.444 e. The van der Waals surface area contributed by atoms with Crippen LogP contribution in [0.3, 0.4) is 0 Å². The second kappa shape index (κ2) is 5.08. The normalized spacial score (nSPS) is 38.1. The maximum absolute atomic E-state index is 11.9. The summed E-state index contributed by atoms with van der Waals surface area (Å²) in [5.74, 6) is -0.345. The zero-order valence-electron chi connectivity index (χ0n) is 13.2. The fraction of sp³-hybridized carbons (Fsp3) is 0.929. The standard InChI is InChI=1S/C14H25NO6/c1-12(2,3)21-11(17)15-10-14(18)8(7-19-10)13(4,5)20-9(14)6-16/h8-10,16,18H,6-7H2,1-5H3,(H,15,17)/t8-,9-,10+,14+/m1/s1. The van der Waals surface area contributed by atoms with Crippen LogP contribution in [0.25, 0.3) is 0 Å². The molecule has 0 unspecified atom stereocenters. The molecule has 0 saturated carbocycles. The molecule has 7 nitrogen and oxygen atoms in total. The number of amides is 1. The number of rotatable bonds is 2. The summed E-state index contributed by atoms with van der Waals surface area (Å²) >= 11 is 0. The fourth-order valence-electron chi connectivity index (χ4n) is 3.09. The van der Waals surface area contributed by atoms with Gasteiger partial charge in [0.1, 0.15) is 17.3 Å². The number of fused-ring (bicyclic) bond motifs is 1. The van der Waals surface area contributed by atoms with Crippen LogP contribution < -0.4 is 5.32 Å². The number of nitrogens with one attached hydrogen (secondary N) is 1. The number of aliphatic hydroxyl groups is 2. The molecule has 2 aliphatic rings. The second-order valence-electron chi connectivity index (χ2n) is 7.19. The van der Waals surface area contributed by atoms with E-state index in [2.05, 4.69) is 5.32 Å². The van der Waals surface area contributed by atoms with E-state index < -0.39 is 35.2 Å². The molecule has 21 heavy (non-hydrogen) atoms. The zero-order chi connectivity index (χ0) is 16.1. The first-order valence-corrected chi connectivity index (χ1v) is 7.13. The summed E-state index contributed by atoms with van der Waals surface area (Å²) in [5.41, 5.74) is -2.77. The van der Waals surface area contributed by atoms with Gasteiger partial charge in [-0.25, -0.2) is 4.79 Å². The lowest BCUT2D eigenvalue weighted by Crippen LogP contribution is -2.58. The van der Waals surface area contributed by atoms with Crippen LogP contribution in [0.15, 0.2) is 0 Å². The number of carbonyl (C=O) groups excluding carboxylic acids is 1. The van der Waals surface area contributed by atoms with Gasteiger partial charge in [-0.3, -0.25) is 5.32 Å². The third-order valence-electron chi connectivity index (χ3n) is 4.02. The Kier molecular flexibility index (Phi) is 3.99. The van der Waals surface area contributed by atoms with E-state index >= 15 is 0 Å². The molecule has 0 aromatic heterocycles. The van der Waals surface area contributed by atoms with E-state index in [-0.39, 0.29) is 19.1 Å². The highest BCUT2D eigenvalue weighted by Gasteiger charge is 2.67. The van der Waals surface area contributed by atoms with Gasteiger partial charge in [0, 0.05) is 5.92 Å². The Morgan fingerprint density at radius 3 is 2.57 bits per heavy atom. The molecule has 2 saturated heterocycles. The van der Waals surface area contributed by atoms with Gasteiger partial charge in [0.15, 0.2) is 6.23 Å². The van der Waals surface area contributed by atoms with Crippen molar-refractivity contribution in [3.05, 3.63) is 0 Å². The minimum atomic E-state index is -1.48. The fourth-order valence-corrected chi connectivity index (χ4v) is 3.09. The molecule has 0 radical (unpaired) electrons. The molecule has 7 heteroatoms. The van der Waals surface area contributed by atoms with E-state index in [1.165, 1.54) is 0 Å². The molecular formula is C14H25NO6. The minimum absolute atomic E-state index is 0.237. The Morgan fingerprint density at radius 1 is 1.43 bits per heavy atom. The average molecular weight is 303 g/mol. The van der Waals surface area contributed by atoms with Crippen molar-refractivity contribution in [1.82, 2.24) is 5.32 Å². The first-order chi connectivity index (χ1) is 9.50. The lowest BCUT2D eigenvalue weighted by Gasteiger charge is -2.32. The van der Waals surface area contributed by atoms with E-state index in [1.807, 2.05) is 13.8 Å². The van der Waals surface area contributed by atoms with Crippen LogP contribution >= 0.6 is 0 Å². The molecule has 2 heterocycles. The van der Waals surface area contributed by atoms with Gasteiger partial charge >= 0.3 is 6.09 Å². The Hall–Kier alpha value is -0.890. The maximum atomic E-state index is 11.9. The van der Waals surface area contributed by atoms with E-state index in [1.54, 1.807) is 20.8 Å². The summed E-state index contributed by atoms with van der Waals surface area (Å²) in [6.45, 7) is 8.79. The van der Waals surface area contributed by atoms with Gasteiger partial charge in [-0.15, -0.1) is 0 Å². The van der Waals surface area contributed by atoms with Crippen LogP contribution in [0.4, 0.5) is 4.79 Å². The number of ether oxygens (including phenoxy) is 3. The Bertz CT molecular complexity index is 418. The highest BCUT2D eigenvalue weighted by Crippen LogP contribution is 2.49.